The second kappa shape index (κ2) is 10.8. The zero-order valence-corrected chi connectivity index (χ0v) is 18.9. The second-order valence-corrected chi connectivity index (χ2v) is 7.84. The van der Waals surface area contributed by atoms with Crippen molar-refractivity contribution >= 4 is 45.3 Å². The third-order valence-electron chi connectivity index (χ3n) is 4.68. The number of nitrogens with one attached hydrogen (secondary N) is 2. The van der Waals surface area contributed by atoms with Crippen molar-refractivity contribution in [1.29, 1.82) is 0 Å². The number of ether oxygens (including phenoxy) is 2. The molecule has 3 amide bonds. The van der Waals surface area contributed by atoms with Crippen molar-refractivity contribution in [3.8, 4) is 5.75 Å². The van der Waals surface area contributed by atoms with E-state index in [-0.39, 0.29) is 18.9 Å². The fraction of sp³-hybridized carbons (Fsp3) is 0.273. The van der Waals surface area contributed by atoms with Gasteiger partial charge in [-0.15, -0.1) is 0 Å². The molecule has 1 heterocycles. The van der Waals surface area contributed by atoms with Gasteiger partial charge in [-0.25, -0.2) is 0 Å². The van der Waals surface area contributed by atoms with Gasteiger partial charge in [-0.2, -0.15) is 0 Å². The fourth-order valence-electron chi connectivity index (χ4n) is 3.15. The summed E-state index contributed by atoms with van der Waals surface area (Å²) in [6, 6.07) is 13.6. The average Bonchev–Trinajstić information content (AvgIpc) is 3.18. The van der Waals surface area contributed by atoms with Gasteiger partial charge in [0.1, 0.15) is 5.75 Å². The summed E-state index contributed by atoms with van der Waals surface area (Å²) < 4.78 is 11.4. The molecule has 32 heavy (non-hydrogen) atoms. The molecule has 0 radical (unpaired) electrons. The summed E-state index contributed by atoms with van der Waals surface area (Å²) in [7, 11) is 0. The second-order valence-electron chi connectivity index (χ2n) is 6.92. The molecule has 0 aromatic heterocycles. The average molecular weight is 504 g/mol. The van der Waals surface area contributed by atoms with E-state index in [0.717, 1.165) is 4.47 Å². The lowest BCUT2D eigenvalue weighted by Gasteiger charge is -2.19. The molecule has 0 saturated carbocycles. The lowest BCUT2D eigenvalue weighted by molar-refractivity contribution is -0.152. The minimum absolute atomic E-state index is 0.0266. The Morgan fingerprint density at radius 3 is 2.53 bits per heavy atom. The van der Waals surface area contributed by atoms with Crippen molar-refractivity contribution in [2.45, 2.75) is 13.3 Å². The van der Waals surface area contributed by atoms with E-state index in [1.165, 1.54) is 4.90 Å². The van der Waals surface area contributed by atoms with E-state index in [0.29, 0.717) is 23.6 Å². The van der Waals surface area contributed by atoms with Crippen LogP contribution in [-0.4, -0.2) is 43.4 Å². The molecule has 10 heteroatoms. The van der Waals surface area contributed by atoms with E-state index >= 15 is 0 Å². The summed E-state index contributed by atoms with van der Waals surface area (Å²) in [6.07, 6.45) is -0.0266. The highest BCUT2D eigenvalue weighted by atomic mass is 79.9. The predicted molar refractivity (Wildman–Crippen MR) is 119 cm³/mol. The smallest absolute Gasteiger partial charge is 0.311 e. The topological polar surface area (TPSA) is 114 Å². The number of esters is 1. The van der Waals surface area contributed by atoms with Gasteiger partial charge in [0, 0.05) is 23.0 Å². The molecule has 0 aliphatic carbocycles. The number of anilines is 1. The third-order valence-corrected chi connectivity index (χ3v) is 5.21. The highest BCUT2D eigenvalue weighted by Crippen LogP contribution is 2.33. The number of halogens is 1. The van der Waals surface area contributed by atoms with Crippen LogP contribution < -0.4 is 20.5 Å². The SMILES string of the molecule is CCOc1ccccc1N1C[C@H](C(=O)OCC(=O)NNC(=O)c2ccc(Br)cc2)CC1=O. The molecule has 1 atom stereocenters. The van der Waals surface area contributed by atoms with Crippen LogP contribution in [0, 0.1) is 5.92 Å². The van der Waals surface area contributed by atoms with Gasteiger partial charge < -0.3 is 14.4 Å². The minimum atomic E-state index is -0.706. The zero-order valence-electron chi connectivity index (χ0n) is 17.3. The first-order valence-electron chi connectivity index (χ1n) is 9.92. The molecule has 2 aromatic carbocycles. The number of carbonyl (C=O) groups is 4. The Kier molecular flexibility index (Phi) is 7.82. The maximum absolute atomic E-state index is 12.5. The van der Waals surface area contributed by atoms with Crippen LogP contribution in [0.15, 0.2) is 53.0 Å². The monoisotopic (exact) mass is 503 g/mol. The van der Waals surface area contributed by atoms with Crippen LogP contribution in [0.4, 0.5) is 5.69 Å². The van der Waals surface area contributed by atoms with Gasteiger partial charge in [0.2, 0.25) is 5.91 Å². The van der Waals surface area contributed by atoms with E-state index in [2.05, 4.69) is 26.8 Å². The first-order chi connectivity index (χ1) is 15.4. The number of hydrogen-bond acceptors (Lipinski definition) is 6. The molecule has 9 nitrogen and oxygen atoms in total. The molecule has 1 aliphatic heterocycles. The van der Waals surface area contributed by atoms with E-state index in [1.54, 1.807) is 48.5 Å². The van der Waals surface area contributed by atoms with Crippen molar-refractivity contribution in [1.82, 2.24) is 10.9 Å². The number of hydrazine groups is 1. The van der Waals surface area contributed by atoms with Gasteiger partial charge in [0.05, 0.1) is 18.2 Å². The number of nitrogens with zero attached hydrogens (tertiary/aromatic N) is 1. The Labute approximate surface area is 193 Å². The van der Waals surface area contributed by atoms with Crippen LogP contribution in [0.5, 0.6) is 5.75 Å². The molecule has 3 rings (SSSR count). The molecule has 2 aromatic rings. The maximum Gasteiger partial charge on any atom is 0.311 e. The molecule has 0 unspecified atom stereocenters. The molecule has 1 saturated heterocycles. The number of para-hydroxylation sites is 2. The van der Waals surface area contributed by atoms with Crippen molar-refractivity contribution in [3.63, 3.8) is 0 Å². The number of hydrogen-bond donors (Lipinski definition) is 2. The van der Waals surface area contributed by atoms with Crippen LogP contribution >= 0.6 is 15.9 Å². The summed E-state index contributed by atoms with van der Waals surface area (Å²) in [5, 5.41) is 0. The lowest BCUT2D eigenvalue weighted by Crippen LogP contribution is -2.43. The van der Waals surface area contributed by atoms with Gasteiger partial charge in [0.15, 0.2) is 6.61 Å². The van der Waals surface area contributed by atoms with Gasteiger partial charge in [-0.3, -0.25) is 30.0 Å². The van der Waals surface area contributed by atoms with Crippen molar-refractivity contribution in [3.05, 3.63) is 58.6 Å². The zero-order chi connectivity index (χ0) is 23.1. The Morgan fingerprint density at radius 2 is 1.81 bits per heavy atom. The summed E-state index contributed by atoms with van der Waals surface area (Å²) in [5.41, 5.74) is 5.36. The quantitative estimate of drug-likeness (QED) is 0.442. The summed E-state index contributed by atoms with van der Waals surface area (Å²) in [4.78, 5) is 50.2. The molecule has 168 valence electrons. The Morgan fingerprint density at radius 1 is 1.09 bits per heavy atom. The number of amides is 3. The number of benzene rings is 2. The fourth-order valence-corrected chi connectivity index (χ4v) is 3.41. The third kappa shape index (κ3) is 5.85. The largest absolute Gasteiger partial charge is 0.492 e. The first-order valence-corrected chi connectivity index (χ1v) is 10.7. The van der Waals surface area contributed by atoms with Gasteiger partial charge in [-0.05, 0) is 43.3 Å². The van der Waals surface area contributed by atoms with Crippen LogP contribution in [0.3, 0.4) is 0 Å². The summed E-state index contributed by atoms with van der Waals surface area (Å²) in [5.74, 6) is -2.26. The molecular weight excluding hydrogens is 482 g/mol. The lowest BCUT2D eigenvalue weighted by atomic mass is 10.1. The molecule has 0 spiro atoms. The minimum Gasteiger partial charge on any atom is -0.492 e. The Hall–Kier alpha value is -3.40. The van der Waals surface area contributed by atoms with Gasteiger partial charge in [-0.1, -0.05) is 28.1 Å². The molecule has 1 fully saturated rings. The van der Waals surface area contributed by atoms with Crippen LogP contribution in [0.2, 0.25) is 0 Å². The predicted octanol–water partition coefficient (Wildman–Crippen LogP) is 2.21. The Bertz CT molecular complexity index is 1010. The summed E-state index contributed by atoms with van der Waals surface area (Å²) in [6.45, 7) is 1.83. The standard InChI is InChI=1S/C22H22BrN3O6/c1-2-31-18-6-4-3-5-17(18)26-12-15(11-20(26)28)22(30)32-13-19(27)24-25-21(29)14-7-9-16(23)10-8-14/h3-10,15H,2,11-13H2,1H3,(H,24,27)(H,25,29)/t15-/m1/s1. The van der Waals surface area contributed by atoms with Crippen molar-refractivity contribution < 1.29 is 28.7 Å². The first kappa shape index (κ1) is 23.3. The highest BCUT2D eigenvalue weighted by molar-refractivity contribution is 9.10. The van der Waals surface area contributed by atoms with Crippen LogP contribution in [-0.2, 0) is 19.1 Å². The molecule has 1 aliphatic rings. The molecule has 0 bridgehead atoms. The maximum atomic E-state index is 12.5. The van der Waals surface area contributed by atoms with Crippen LogP contribution in [0.25, 0.3) is 0 Å². The molecular formula is C22H22BrN3O6. The van der Waals surface area contributed by atoms with E-state index < -0.39 is 30.3 Å². The molecule has 2 N–H and O–H groups in total. The van der Waals surface area contributed by atoms with Crippen molar-refractivity contribution in [2.75, 3.05) is 24.7 Å². The number of carbonyl (C=O) groups excluding carboxylic acids is 4. The van der Waals surface area contributed by atoms with Gasteiger partial charge in [0.25, 0.3) is 11.8 Å². The highest BCUT2D eigenvalue weighted by Gasteiger charge is 2.37. The van der Waals surface area contributed by atoms with E-state index in [4.69, 9.17) is 9.47 Å². The van der Waals surface area contributed by atoms with Crippen molar-refractivity contribution in [2.24, 2.45) is 5.92 Å². The van der Waals surface area contributed by atoms with E-state index in [1.807, 2.05) is 6.92 Å². The Balaban J connectivity index is 1.48. The summed E-state index contributed by atoms with van der Waals surface area (Å²) >= 11 is 3.27. The number of rotatable bonds is 7. The normalized spacial score (nSPS) is 15.2. The van der Waals surface area contributed by atoms with Gasteiger partial charge >= 0.3 is 5.97 Å². The van der Waals surface area contributed by atoms with Crippen LogP contribution in [0.1, 0.15) is 23.7 Å². The van der Waals surface area contributed by atoms with E-state index in [9.17, 15) is 19.2 Å².